The molecule has 0 unspecified atom stereocenters. The van der Waals surface area contributed by atoms with E-state index in [0.29, 0.717) is 0 Å². The fourth-order valence-corrected chi connectivity index (χ4v) is 0.962. The van der Waals surface area contributed by atoms with Gasteiger partial charge in [-0.25, -0.2) is 4.79 Å². The molecule has 14 heavy (non-hydrogen) atoms. The summed E-state index contributed by atoms with van der Waals surface area (Å²) in [6, 6.07) is 2.35. The summed E-state index contributed by atoms with van der Waals surface area (Å²) in [5.74, 6) is -1.92. The lowest BCUT2D eigenvalue weighted by atomic mass is 10.1. The molecule has 0 saturated carbocycles. The van der Waals surface area contributed by atoms with Crippen LogP contribution >= 0.6 is 0 Å². The summed E-state index contributed by atoms with van der Waals surface area (Å²) in [5, 5.41) is 26.3. The van der Waals surface area contributed by atoms with Gasteiger partial charge in [0.15, 0.2) is 5.88 Å². The van der Waals surface area contributed by atoms with Crippen molar-refractivity contribution in [1.82, 2.24) is 4.57 Å². The van der Waals surface area contributed by atoms with Crippen LogP contribution in [0.4, 0.5) is 0 Å². The van der Waals surface area contributed by atoms with E-state index in [1.54, 1.807) is 0 Å². The topological polar surface area (TPSA) is 103 Å². The van der Waals surface area contributed by atoms with Gasteiger partial charge in [-0.2, -0.15) is 5.26 Å². The number of hydrogen-bond acceptors (Lipinski definition) is 4. The van der Waals surface area contributed by atoms with Crippen LogP contribution in [0.2, 0.25) is 0 Å². The summed E-state index contributed by atoms with van der Waals surface area (Å²) < 4.78 is 0.797. The molecule has 0 radical (unpaired) electrons. The number of aromatic nitrogens is 1. The number of carboxylic acid groups (broad SMARTS) is 1. The second kappa shape index (κ2) is 3.22. The van der Waals surface area contributed by atoms with Crippen LogP contribution in [0.3, 0.4) is 0 Å². The van der Waals surface area contributed by atoms with Gasteiger partial charge in [-0.05, 0) is 0 Å². The molecule has 1 rings (SSSR count). The summed E-state index contributed by atoms with van der Waals surface area (Å²) >= 11 is 0. The van der Waals surface area contributed by atoms with Crippen LogP contribution in [0, 0.1) is 11.3 Å². The first kappa shape index (κ1) is 9.80. The van der Waals surface area contributed by atoms with Gasteiger partial charge in [-0.3, -0.25) is 9.36 Å². The molecule has 0 bridgehead atoms. The van der Waals surface area contributed by atoms with E-state index in [1.165, 1.54) is 13.1 Å². The van der Waals surface area contributed by atoms with Gasteiger partial charge in [0.2, 0.25) is 0 Å². The summed E-state index contributed by atoms with van der Waals surface area (Å²) in [5.41, 5.74) is -1.81. The monoisotopic (exact) mass is 194 g/mol. The normalized spacial score (nSPS) is 9.43. The SMILES string of the molecule is Cn1c(O)cc(C(=O)O)c(C#N)c1=O. The van der Waals surface area contributed by atoms with E-state index in [2.05, 4.69) is 0 Å². The zero-order chi connectivity index (χ0) is 10.9. The molecule has 72 valence electrons. The Morgan fingerprint density at radius 1 is 1.64 bits per heavy atom. The minimum Gasteiger partial charge on any atom is -0.494 e. The standard InChI is InChI=1S/C8H6N2O4/c1-10-6(11)2-4(8(13)14)5(3-9)7(10)12/h2,11H,1H3,(H,13,14). The van der Waals surface area contributed by atoms with Crippen LogP contribution in [0.5, 0.6) is 5.88 Å². The first-order chi connectivity index (χ1) is 6.49. The van der Waals surface area contributed by atoms with Crippen molar-refractivity contribution in [3.05, 3.63) is 27.5 Å². The Morgan fingerprint density at radius 3 is 2.64 bits per heavy atom. The Labute approximate surface area is 78.3 Å². The van der Waals surface area contributed by atoms with E-state index in [0.717, 1.165) is 10.6 Å². The number of pyridine rings is 1. The summed E-state index contributed by atoms with van der Waals surface area (Å²) in [6.45, 7) is 0. The molecule has 2 N–H and O–H groups in total. The molecular weight excluding hydrogens is 188 g/mol. The molecule has 0 aliphatic rings. The molecule has 0 fully saturated rings. The molecule has 6 nitrogen and oxygen atoms in total. The largest absolute Gasteiger partial charge is 0.494 e. The lowest BCUT2D eigenvalue weighted by Crippen LogP contribution is -2.22. The number of aromatic carboxylic acids is 1. The highest BCUT2D eigenvalue weighted by Gasteiger charge is 2.16. The first-order valence-electron chi connectivity index (χ1n) is 3.55. The quantitative estimate of drug-likeness (QED) is 0.636. The number of hydrogen-bond donors (Lipinski definition) is 2. The maximum atomic E-state index is 11.3. The van der Waals surface area contributed by atoms with Crippen molar-refractivity contribution in [2.75, 3.05) is 0 Å². The van der Waals surface area contributed by atoms with E-state index in [9.17, 15) is 9.59 Å². The Hall–Kier alpha value is -2.29. The fraction of sp³-hybridized carbons (Fsp3) is 0.125. The Balaban J connectivity index is 3.72. The minimum atomic E-state index is -1.42. The molecule has 1 aromatic rings. The number of nitriles is 1. The van der Waals surface area contributed by atoms with Crippen molar-refractivity contribution in [2.24, 2.45) is 7.05 Å². The van der Waals surface area contributed by atoms with E-state index in [1.807, 2.05) is 0 Å². The lowest BCUT2D eigenvalue weighted by molar-refractivity contribution is 0.0695. The second-order valence-corrected chi connectivity index (χ2v) is 2.57. The van der Waals surface area contributed by atoms with Gasteiger partial charge in [0.05, 0.1) is 5.56 Å². The molecule has 0 saturated heterocycles. The van der Waals surface area contributed by atoms with Gasteiger partial charge in [0.25, 0.3) is 5.56 Å². The Morgan fingerprint density at radius 2 is 2.21 bits per heavy atom. The molecule has 0 aromatic carbocycles. The second-order valence-electron chi connectivity index (χ2n) is 2.57. The summed E-state index contributed by atoms with van der Waals surface area (Å²) in [4.78, 5) is 21.8. The van der Waals surface area contributed by atoms with Crippen molar-refractivity contribution in [2.45, 2.75) is 0 Å². The zero-order valence-corrected chi connectivity index (χ0v) is 7.18. The van der Waals surface area contributed by atoms with Crippen LogP contribution in [0.1, 0.15) is 15.9 Å². The predicted molar refractivity (Wildman–Crippen MR) is 45.0 cm³/mol. The molecule has 0 atom stereocenters. The van der Waals surface area contributed by atoms with Crippen molar-refractivity contribution < 1.29 is 15.0 Å². The highest BCUT2D eigenvalue weighted by molar-refractivity contribution is 5.90. The number of nitrogens with zero attached hydrogens (tertiary/aromatic N) is 2. The Bertz CT molecular complexity index is 495. The van der Waals surface area contributed by atoms with Crippen LogP contribution < -0.4 is 5.56 Å². The van der Waals surface area contributed by atoms with Crippen LogP contribution in [0.15, 0.2) is 10.9 Å². The zero-order valence-electron chi connectivity index (χ0n) is 7.18. The third-order valence-corrected chi connectivity index (χ3v) is 1.75. The van der Waals surface area contributed by atoms with Gasteiger partial charge in [0, 0.05) is 13.1 Å². The smallest absolute Gasteiger partial charge is 0.337 e. The number of aromatic hydroxyl groups is 1. The van der Waals surface area contributed by atoms with Crippen LogP contribution in [0.25, 0.3) is 0 Å². The highest BCUT2D eigenvalue weighted by Crippen LogP contribution is 2.11. The predicted octanol–water partition coefficient (Wildman–Crippen LogP) is -0.339. The van der Waals surface area contributed by atoms with Gasteiger partial charge >= 0.3 is 5.97 Å². The van der Waals surface area contributed by atoms with Gasteiger partial charge < -0.3 is 10.2 Å². The van der Waals surface area contributed by atoms with Gasteiger partial charge in [0.1, 0.15) is 11.6 Å². The van der Waals surface area contributed by atoms with Crippen molar-refractivity contribution in [3.63, 3.8) is 0 Å². The fourth-order valence-electron chi connectivity index (χ4n) is 0.962. The minimum absolute atomic E-state index is 0.488. The molecule has 1 heterocycles. The highest BCUT2D eigenvalue weighted by atomic mass is 16.4. The van der Waals surface area contributed by atoms with Crippen LogP contribution in [-0.4, -0.2) is 20.7 Å². The molecular formula is C8H6N2O4. The number of carbonyl (C=O) groups is 1. The lowest BCUT2D eigenvalue weighted by Gasteiger charge is -2.03. The maximum absolute atomic E-state index is 11.3. The third kappa shape index (κ3) is 1.31. The number of carboxylic acids is 1. The van der Waals surface area contributed by atoms with Crippen molar-refractivity contribution >= 4 is 5.97 Å². The maximum Gasteiger partial charge on any atom is 0.337 e. The van der Waals surface area contributed by atoms with E-state index in [4.69, 9.17) is 15.5 Å². The molecule has 1 aromatic heterocycles. The summed E-state index contributed by atoms with van der Waals surface area (Å²) in [6.07, 6.45) is 0. The van der Waals surface area contributed by atoms with E-state index < -0.39 is 28.5 Å². The number of rotatable bonds is 1. The van der Waals surface area contributed by atoms with Crippen molar-refractivity contribution in [1.29, 1.82) is 5.26 Å². The molecule has 0 spiro atoms. The van der Waals surface area contributed by atoms with Gasteiger partial charge in [-0.15, -0.1) is 0 Å². The third-order valence-electron chi connectivity index (χ3n) is 1.75. The molecule has 0 aliphatic heterocycles. The Kier molecular flexibility index (Phi) is 2.25. The average molecular weight is 194 g/mol. The molecule has 0 amide bonds. The van der Waals surface area contributed by atoms with Crippen LogP contribution in [-0.2, 0) is 7.05 Å². The molecule has 0 aliphatic carbocycles. The van der Waals surface area contributed by atoms with E-state index >= 15 is 0 Å². The average Bonchev–Trinajstić information content (AvgIpc) is 2.13. The van der Waals surface area contributed by atoms with Gasteiger partial charge in [-0.1, -0.05) is 0 Å². The summed E-state index contributed by atoms with van der Waals surface area (Å²) in [7, 11) is 1.24. The van der Waals surface area contributed by atoms with E-state index in [-0.39, 0.29) is 0 Å². The van der Waals surface area contributed by atoms with Crippen molar-refractivity contribution in [3.8, 4) is 11.9 Å². The first-order valence-corrected chi connectivity index (χ1v) is 3.55. The molecule has 6 heteroatoms.